The quantitative estimate of drug-likeness (QED) is 0.506. The molecule has 0 aliphatic carbocycles. The van der Waals surface area contributed by atoms with Crippen LogP contribution in [0, 0.1) is 15.9 Å². The van der Waals surface area contributed by atoms with Crippen LogP contribution in [0.5, 0.6) is 0 Å². The molecule has 8 heteroatoms. The largest absolute Gasteiger partial charge is 0.441 e. The molecule has 2 aromatic carbocycles. The van der Waals surface area contributed by atoms with Crippen LogP contribution in [0.2, 0.25) is 0 Å². The summed E-state index contributed by atoms with van der Waals surface area (Å²) < 4.78 is 18.5. The number of rotatable bonds is 7. The van der Waals surface area contributed by atoms with Gasteiger partial charge in [-0.1, -0.05) is 18.2 Å². The third kappa shape index (κ3) is 4.75. The van der Waals surface area contributed by atoms with Crippen molar-refractivity contribution in [1.29, 1.82) is 0 Å². The summed E-state index contributed by atoms with van der Waals surface area (Å²) in [6, 6.07) is 12.1. The fourth-order valence-electron chi connectivity index (χ4n) is 2.51. The molecule has 0 atom stereocenters. The molecular formula is C19H16FN3O4. The number of oxazole rings is 1. The number of benzene rings is 2. The van der Waals surface area contributed by atoms with E-state index in [0.717, 1.165) is 0 Å². The number of carbonyl (C=O) groups is 1. The second-order valence-corrected chi connectivity index (χ2v) is 5.79. The maximum atomic E-state index is 13.0. The van der Waals surface area contributed by atoms with E-state index in [1.54, 1.807) is 30.3 Å². The fraction of sp³-hybridized carbons (Fsp3) is 0.158. The molecule has 1 heterocycles. The molecule has 0 saturated heterocycles. The zero-order valence-corrected chi connectivity index (χ0v) is 14.2. The smallest absolute Gasteiger partial charge is 0.274 e. The van der Waals surface area contributed by atoms with Crippen molar-refractivity contribution in [1.82, 2.24) is 10.3 Å². The molecule has 1 aromatic heterocycles. The van der Waals surface area contributed by atoms with Gasteiger partial charge < -0.3 is 9.73 Å². The van der Waals surface area contributed by atoms with Crippen molar-refractivity contribution in [3.63, 3.8) is 0 Å². The van der Waals surface area contributed by atoms with Crippen molar-refractivity contribution in [3.8, 4) is 11.3 Å². The molecule has 138 valence electrons. The maximum Gasteiger partial charge on any atom is 0.274 e. The minimum absolute atomic E-state index is 0.0329. The summed E-state index contributed by atoms with van der Waals surface area (Å²) in [5.41, 5.74) is 1.09. The van der Waals surface area contributed by atoms with Crippen LogP contribution >= 0.6 is 0 Å². The van der Waals surface area contributed by atoms with E-state index in [-0.39, 0.29) is 36.8 Å². The Morgan fingerprint density at radius 2 is 1.93 bits per heavy atom. The normalized spacial score (nSPS) is 10.6. The maximum absolute atomic E-state index is 13.0. The predicted octanol–water partition coefficient (Wildman–Crippen LogP) is 3.64. The Kier molecular flexibility index (Phi) is 5.55. The predicted molar refractivity (Wildman–Crippen MR) is 95.2 cm³/mol. The Morgan fingerprint density at radius 3 is 2.67 bits per heavy atom. The third-order valence-corrected chi connectivity index (χ3v) is 3.91. The van der Waals surface area contributed by atoms with Crippen molar-refractivity contribution in [3.05, 3.63) is 82.1 Å². The summed E-state index contributed by atoms with van der Waals surface area (Å²) >= 11 is 0. The topological polar surface area (TPSA) is 98.3 Å². The summed E-state index contributed by atoms with van der Waals surface area (Å²) in [4.78, 5) is 26.6. The van der Waals surface area contributed by atoms with E-state index < -0.39 is 4.92 Å². The average Bonchev–Trinajstić information content (AvgIpc) is 3.14. The number of aromatic nitrogens is 1. The highest BCUT2D eigenvalue weighted by Gasteiger charge is 2.14. The van der Waals surface area contributed by atoms with Gasteiger partial charge in [0.05, 0.1) is 11.1 Å². The van der Waals surface area contributed by atoms with Gasteiger partial charge in [-0.05, 0) is 24.3 Å². The van der Waals surface area contributed by atoms with Gasteiger partial charge in [0.25, 0.3) is 5.69 Å². The molecule has 7 nitrogen and oxygen atoms in total. The van der Waals surface area contributed by atoms with Gasteiger partial charge in [-0.15, -0.1) is 0 Å². The minimum atomic E-state index is -0.481. The lowest BCUT2D eigenvalue weighted by molar-refractivity contribution is -0.385. The Labute approximate surface area is 154 Å². The number of amides is 1. The number of nitro groups is 1. The zero-order valence-electron chi connectivity index (χ0n) is 14.2. The summed E-state index contributed by atoms with van der Waals surface area (Å²) in [5, 5.41) is 13.6. The van der Waals surface area contributed by atoms with Crippen molar-refractivity contribution in [2.75, 3.05) is 0 Å². The minimum Gasteiger partial charge on any atom is -0.441 e. The van der Waals surface area contributed by atoms with Gasteiger partial charge in [0.15, 0.2) is 11.7 Å². The first-order valence-corrected chi connectivity index (χ1v) is 8.22. The molecule has 1 N–H and O–H groups in total. The second-order valence-electron chi connectivity index (χ2n) is 5.79. The number of halogens is 1. The van der Waals surface area contributed by atoms with Gasteiger partial charge in [-0.3, -0.25) is 14.9 Å². The molecular weight excluding hydrogens is 353 g/mol. The Morgan fingerprint density at radius 1 is 1.19 bits per heavy atom. The molecule has 0 aliphatic heterocycles. The summed E-state index contributed by atoms with van der Waals surface area (Å²) in [7, 11) is 0. The Balaban J connectivity index is 1.53. The van der Waals surface area contributed by atoms with Crippen LogP contribution in [0.4, 0.5) is 10.1 Å². The van der Waals surface area contributed by atoms with E-state index >= 15 is 0 Å². The number of nitro benzene ring substituents is 1. The summed E-state index contributed by atoms with van der Waals surface area (Å²) in [6.07, 6.45) is 1.93. The Hall–Kier alpha value is -3.55. The number of hydrogen-bond acceptors (Lipinski definition) is 5. The van der Waals surface area contributed by atoms with E-state index in [1.807, 2.05) is 0 Å². The molecule has 0 unspecified atom stereocenters. The van der Waals surface area contributed by atoms with Gasteiger partial charge in [0.1, 0.15) is 5.82 Å². The number of nitrogens with zero attached hydrogens (tertiary/aromatic N) is 2. The molecule has 3 aromatic rings. The molecule has 0 fully saturated rings. The van der Waals surface area contributed by atoms with Gasteiger partial charge in [0, 0.05) is 36.6 Å². The lowest BCUT2D eigenvalue weighted by Crippen LogP contribution is -2.23. The van der Waals surface area contributed by atoms with Crippen LogP contribution in [-0.4, -0.2) is 15.8 Å². The van der Waals surface area contributed by atoms with E-state index in [9.17, 15) is 19.3 Å². The van der Waals surface area contributed by atoms with Crippen molar-refractivity contribution in [2.45, 2.75) is 19.4 Å². The van der Waals surface area contributed by atoms with Crippen molar-refractivity contribution in [2.24, 2.45) is 0 Å². The molecule has 1 amide bonds. The molecule has 27 heavy (non-hydrogen) atoms. The number of nitrogens with one attached hydrogen (secondary N) is 1. The monoisotopic (exact) mass is 369 g/mol. The van der Waals surface area contributed by atoms with Crippen LogP contribution in [0.25, 0.3) is 11.3 Å². The number of para-hydroxylation sites is 1. The molecule has 0 spiro atoms. The third-order valence-electron chi connectivity index (χ3n) is 3.91. The van der Waals surface area contributed by atoms with Crippen molar-refractivity contribution >= 4 is 11.6 Å². The number of carbonyl (C=O) groups excluding carboxylic acids is 1. The summed E-state index contributed by atoms with van der Waals surface area (Å²) in [6.45, 7) is 0.0718. The second kappa shape index (κ2) is 8.22. The first-order valence-electron chi connectivity index (χ1n) is 8.22. The lowest BCUT2D eigenvalue weighted by Gasteiger charge is -2.05. The van der Waals surface area contributed by atoms with Crippen molar-refractivity contribution < 1.29 is 18.5 Å². The Bertz CT molecular complexity index is 954. The van der Waals surface area contributed by atoms with E-state index in [0.29, 0.717) is 22.8 Å². The van der Waals surface area contributed by atoms with Crippen LogP contribution in [0.3, 0.4) is 0 Å². The van der Waals surface area contributed by atoms with Gasteiger partial charge in [-0.2, -0.15) is 0 Å². The molecule has 3 rings (SSSR count). The fourth-order valence-corrected chi connectivity index (χ4v) is 2.51. The van der Waals surface area contributed by atoms with E-state index in [4.69, 9.17) is 4.42 Å². The van der Waals surface area contributed by atoms with E-state index in [1.165, 1.54) is 24.4 Å². The van der Waals surface area contributed by atoms with Gasteiger partial charge in [0.2, 0.25) is 5.91 Å². The molecule has 0 saturated carbocycles. The van der Waals surface area contributed by atoms with E-state index in [2.05, 4.69) is 10.3 Å². The SMILES string of the molecule is O=C(CCc1ncc(-c2ccc(F)cc2)o1)NCc1ccccc1[N+](=O)[O-]. The van der Waals surface area contributed by atoms with Gasteiger partial charge >= 0.3 is 0 Å². The molecule has 0 bridgehead atoms. The first-order chi connectivity index (χ1) is 13.0. The van der Waals surface area contributed by atoms with Crippen LogP contribution in [0.15, 0.2) is 59.1 Å². The highest BCUT2D eigenvalue weighted by atomic mass is 19.1. The molecule has 0 radical (unpaired) electrons. The molecule has 0 aliphatic rings. The standard InChI is InChI=1S/C19H16FN3O4/c20-15-7-5-13(6-8-15)17-12-22-19(27-17)10-9-18(24)21-11-14-3-1-2-4-16(14)23(25)26/h1-8,12H,9-11H2,(H,21,24). The summed E-state index contributed by atoms with van der Waals surface area (Å²) in [5.74, 6) is 0.268. The average molecular weight is 369 g/mol. The number of aryl methyl sites for hydroxylation is 1. The first kappa shape index (κ1) is 18.2. The highest BCUT2D eigenvalue weighted by molar-refractivity contribution is 5.76. The zero-order chi connectivity index (χ0) is 19.2. The lowest BCUT2D eigenvalue weighted by atomic mass is 10.2. The van der Waals surface area contributed by atoms with Crippen LogP contribution in [-0.2, 0) is 17.8 Å². The van der Waals surface area contributed by atoms with Gasteiger partial charge in [-0.25, -0.2) is 9.37 Å². The van der Waals surface area contributed by atoms with Crippen LogP contribution < -0.4 is 5.32 Å². The number of hydrogen-bond donors (Lipinski definition) is 1. The highest BCUT2D eigenvalue weighted by Crippen LogP contribution is 2.21. The van der Waals surface area contributed by atoms with Crippen LogP contribution in [0.1, 0.15) is 17.9 Å².